The molecular weight excluding hydrogens is 424 g/mol. The predicted octanol–water partition coefficient (Wildman–Crippen LogP) is 5.39. The van der Waals surface area contributed by atoms with Gasteiger partial charge in [0.1, 0.15) is 18.2 Å². The Morgan fingerprint density at radius 2 is 1.70 bits per heavy atom. The van der Waals surface area contributed by atoms with Crippen LogP contribution in [0.5, 0.6) is 0 Å². The van der Waals surface area contributed by atoms with E-state index in [0.29, 0.717) is 23.0 Å². The smallest absolute Gasteiger partial charge is 0.240 e. The number of imidazole rings is 1. The van der Waals surface area contributed by atoms with Gasteiger partial charge in [0.25, 0.3) is 0 Å². The molecule has 1 aromatic heterocycles. The van der Waals surface area contributed by atoms with Crippen molar-refractivity contribution in [3.05, 3.63) is 99.5 Å². The van der Waals surface area contributed by atoms with Gasteiger partial charge in [-0.3, -0.25) is 4.79 Å². The Labute approximate surface area is 183 Å². The lowest BCUT2D eigenvalue weighted by atomic mass is 10.1. The van der Waals surface area contributed by atoms with E-state index in [1.807, 2.05) is 41.0 Å². The zero-order chi connectivity index (χ0) is 21.1. The van der Waals surface area contributed by atoms with Crippen LogP contribution in [0.25, 0.3) is 11.0 Å². The molecule has 0 aliphatic rings. The molecule has 0 aliphatic heterocycles. The summed E-state index contributed by atoms with van der Waals surface area (Å²) in [5, 5.41) is 3.86. The molecule has 0 aliphatic carbocycles. The van der Waals surface area contributed by atoms with Crippen LogP contribution in [-0.4, -0.2) is 15.5 Å². The van der Waals surface area contributed by atoms with Crippen molar-refractivity contribution in [2.24, 2.45) is 0 Å². The fraction of sp³-hybridized carbons (Fsp3) is 0.130. The lowest BCUT2D eigenvalue weighted by Crippen LogP contribution is -2.27. The van der Waals surface area contributed by atoms with E-state index in [0.717, 1.165) is 28.0 Å². The highest BCUT2D eigenvalue weighted by Crippen LogP contribution is 2.25. The minimum Gasteiger partial charge on any atom is -0.350 e. The lowest BCUT2D eigenvalue weighted by Gasteiger charge is -2.11. The van der Waals surface area contributed by atoms with E-state index >= 15 is 0 Å². The molecule has 152 valence electrons. The van der Waals surface area contributed by atoms with E-state index in [1.54, 1.807) is 18.2 Å². The van der Waals surface area contributed by atoms with Gasteiger partial charge < -0.3 is 9.88 Å². The highest BCUT2D eigenvalue weighted by atomic mass is 35.5. The Balaban J connectivity index is 1.55. The number of carbonyl (C=O) groups excluding carboxylic acids is 1. The predicted molar refractivity (Wildman–Crippen MR) is 117 cm³/mol. The second kappa shape index (κ2) is 8.86. The number of rotatable bonds is 6. The molecule has 4 aromatic rings. The zero-order valence-corrected chi connectivity index (χ0v) is 17.4. The van der Waals surface area contributed by atoms with Crippen molar-refractivity contribution in [2.75, 3.05) is 0 Å². The van der Waals surface area contributed by atoms with Crippen LogP contribution >= 0.6 is 23.2 Å². The fourth-order valence-electron chi connectivity index (χ4n) is 3.27. The number of amides is 1. The zero-order valence-electron chi connectivity index (χ0n) is 15.9. The summed E-state index contributed by atoms with van der Waals surface area (Å²) in [5.41, 5.74) is 3.48. The number of aromatic nitrogens is 2. The van der Waals surface area contributed by atoms with Crippen LogP contribution in [0.2, 0.25) is 10.0 Å². The molecule has 0 bridgehead atoms. The van der Waals surface area contributed by atoms with Crippen molar-refractivity contribution in [3.8, 4) is 0 Å². The number of halogens is 3. The third-order valence-corrected chi connectivity index (χ3v) is 5.52. The number of fused-ring (bicyclic) bond motifs is 1. The van der Waals surface area contributed by atoms with Gasteiger partial charge in [0.05, 0.1) is 21.1 Å². The van der Waals surface area contributed by atoms with Crippen LogP contribution < -0.4 is 5.32 Å². The van der Waals surface area contributed by atoms with Crippen molar-refractivity contribution in [2.45, 2.75) is 19.5 Å². The molecule has 0 spiro atoms. The van der Waals surface area contributed by atoms with E-state index in [2.05, 4.69) is 5.32 Å². The molecule has 3 aromatic carbocycles. The summed E-state index contributed by atoms with van der Waals surface area (Å²) in [7, 11) is 0. The Bertz CT molecular complexity index is 1210. The van der Waals surface area contributed by atoms with Gasteiger partial charge in [0.2, 0.25) is 5.91 Å². The molecule has 0 atom stereocenters. The molecule has 0 radical (unpaired) electrons. The first kappa shape index (κ1) is 20.4. The molecule has 1 amide bonds. The summed E-state index contributed by atoms with van der Waals surface area (Å²) in [4.78, 5) is 17.3. The van der Waals surface area contributed by atoms with Gasteiger partial charge >= 0.3 is 0 Å². The molecule has 0 unspecified atom stereocenters. The molecule has 0 saturated carbocycles. The first-order valence-corrected chi connectivity index (χ1v) is 10.1. The number of carbonyl (C=O) groups is 1. The Morgan fingerprint density at radius 3 is 2.47 bits per heavy atom. The van der Waals surface area contributed by atoms with Crippen molar-refractivity contribution in [3.63, 3.8) is 0 Å². The molecule has 7 heteroatoms. The second-order valence-corrected chi connectivity index (χ2v) is 7.75. The maximum Gasteiger partial charge on any atom is 0.240 e. The van der Waals surface area contributed by atoms with Gasteiger partial charge in [-0.15, -0.1) is 0 Å². The third-order valence-electron chi connectivity index (χ3n) is 4.78. The molecule has 4 nitrogen and oxygen atoms in total. The lowest BCUT2D eigenvalue weighted by molar-refractivity contribution is -0.121. The maximum absolute atomic E-state index is 13.0. The number of para-hydroxylation sites is 2. The minimum atomic E-state index is -0.304. The van der Waals surface area contributed by atoms with Crippen molar-refractivity contribution in [1.82, 2.24) is 14.9 Å². The quantitative estimate of drug-likeness (QED) is 0.435. The van der Waals surface area contributed by atoms with Crippen LogP contribution in [-0.2, 0) is 24.3 Å². The van der Waals surface area contributed by atoms with E-state index in [4.69, 9.17) is 28.2 Å². The standard InChI is InChI=1S/C23H18Cl2FN3O/c24-18-10-7-16(11-19(18)25)12-22-28-20-3-1-2-4-21(20)29(22)14-23(30)27-13-15-5-8-17(26)9-6-15/h1-11H,12-14H2,(H,27,30). The molecule has 1 heterocycles. The van der Waals surface area contributed by atoms with Crippen LogP contribution in [0.4, 0.5) is 4.39 Å². The topological polar surface area (TPSA) is 46.9 Å². The third kappa shape index (κ3) is 4.64. The summed E-state index contributed by atoms with van der Waals surface area (Å²) in [6.07, 6.45) is 0.511. The van der Waals surface area contributed by atoms with Gasteiger partial charge in [-0.25, -0.2) is 9.37 Å². The van der Waals surface area contributed by atoms with Crippen LogP contribution in [0, 0.1) is 5.82 Å². The molecule has 0 saturated heterocycles. The molecule has 1 N–H and O–H groups in total. The molecule has 4 rings (SSSR count). The summed E-state index contributed by atoms with van der Waals surface area (Å²) in [5.74, 6) is 0.297. The molecule has 0 fully saturated rings. The first-order valence-electron chi connectivity index (χ1n) is 9.39. The fourth-order valence-corrected chi connectivity index (χ4v) is 3.59. The number of benzene rings is 3. The molecule has 30 heavy (non-hydrogen) atoms. The maximum atomic E-state index is 13.0. The van der Waals surface area contributed by atoms with Gasteiger partial charge in [-0.05, 0) is 47.5 Å². The number of hydrogen-bond donors (Lipinski definition) is 1. The minimum absolute atomic E-state index is 0.123. The van der Waals surface area contributed by atoms with E-state index in [1.165, 1.54) is 12.1 Å². The number of hydrogen-bond acceptors (Lipinski definition) is 2. The number of nitrogens with one attached hydrogen (secondary N) is 1. The van der Waals surface area contributed by atoms with Crippen molar-refractivity contribution in [1.29, 1.82) is 0 Å². The van der Waals surface area contributed by atoms with Crippen LogP contribution in [0.15, 0.2) is 66.7 Å². The van der Waals surface area contributed by atoms with E-state index in [9.17, 15) is 9.18 Å². The summed E-state index contributed by atoms with van der Waals surface area (Å²) < 4.78 is 14.9. The first-order chi connectivity index (χ1) is 14.5. The van der Waals surface area contributed by atoms with Crippen molar-refractivity contribution < 1.29 is 9.18 Å². The average Bonchev–Trinajstić information content (AvgIpc) is 3.07. The van der Waals surface area contributed by atoms with E-state index < -0.39 is 0 Å². The second-order valence-electron chi connectivity index (χ2n) is 6.93. The summed E-state index contributed by atoms with van der Waals surface area (Å²) in [6, 6.07) is 19.2. The Hall–Kier alpha value is -2.89. The Kier molecular flexibility index (Phi) is 6.02. The van der Waals surface area contributed by atoms with Crippen molar-refractivity contribution >= 4 is 40.1 Å². The highest BCUT2D eigenvalue weighted by Gasteiger charge is 2.14. The largest absolute Gasteiger partial charge is 0.350 e. The number of nitrogens with zero attached hydrogens (tertiary/aromatic N) is 2. The monoisotopic (exact) mass is 441 g/mol. The highest BCUT2D eigenvalue weighted by molar-refractivity contribution is 6.42. The molecular formula is C23H18Cl2FN3O. The summed E-state index contributed by atoms with van der Waals surface area (Å²) >= 11 is 12.2. The van der Waals surface area contributed by atoms with Crippen LogP contribution in [0.3, 0.4) is 0 Å². The van der Waals surface area contributed by atoms with Gasteiger partial charge in [-0.2, -0.15) is 0 Å². The van der Waals surface area contributed by atoms with E-state index in [-0.39, 0.29) is 18.3 Å². The summed E-state index contributed by atoms with van der Waals surface area (Å²) in [6.45, 7) is 0.451. The van der Waals surface area contributed by atoms with Gasteiger partial charge in [0.15, 0.2) is 0 Å². The SMILES string of the molecule is O=C(Cn1c(Cc2ccc(Cl)c(Cl)c2)nc2ccccc21)NCc1ccc(F)cc1. The van der Waals surface area contributed by atoms with Crippen LogP contribution in [0.1, 0.15) is 17.0 Å². The normalized spacial score (nSPS) is 11.0. The average molecular weight is 442 g/mol. The van der Waals surface area contributed by atoms with Gasteiger partial charge in [0, 0.05) is 13.0 Å². The van der Waals surface area contributed by atoms with Gasteiger partial charge in [-0.1, -0.05) is 53.5 Å². The Morgan fingerprint density at radius 1 is 0.967 bits per heavy atom.